The number of amides is 1. The zero-order valence-electron chi connectivity index (χ0n) is 19.0. The minimum absolute atomic E-state index is 0.242. The molecule has 0 saturated carbocycles. The number of anilines is 1. The van der Waals surface area contributed by atoms with Crippen molar-refractivity contribution < 1.29 is 4.79 Å². The molecule has 0 saturated heterocycles. The molecule has 5 nitrogen and oxygen atoms in total. The van der Waals surface area contributed by atoms with Gasteiger partial charge >= 0.3 is 0 Å². The first kappa shape index (κ1) is 20.8. The first-order valence-electron chi connectivity index (χ1n) is 11.9. The lowest BCUT2D eigenvalue weighted by atomic mass is 9.98. The Hall–Kier alpha value is -3.83. The molecule has 6 rings (SSSR count). The van der Waals surface area contributed by atoms with Crippen LogP contribution >= 0.6 is 0 Å². The molecule has 1 aliphatic heterocycles. The third kappa shape index (κ3) is 4.11. The zero-order chi connectivity index (χ0) is 22.9. The monoisotopic (exact) mass is 446 g/mol. The maximum Gasteiger partial charge on any atom is 0.275 e. The molecule has 5 heteroatoms. The highest BCUT2D eigenvalue weighted by Gasteiger charge is 2.19. The van der Waals surface area contributed by atoms with Crippen molar-refractivity contribution in [3.05, 3.63) is 107 Å². The summed E-state index contributed by atoms with van der Waals surface area (Å²) in [6.45, 7) is 3.18. The van der Waals surface area contributed by atoms with E-state index in [1.807, 2.05) is 30.3 Å². The van der Waals surface area contributed by atoms with E-state index in [-0.39, 0.29) is 5.91 Å². The smallest absolute Gasteiger partial charge is 0.275 e. The second-order valence-electron chi connectivity index (χ2n) is 9.05. The quantitative estimate of drug-likeness (QED) is 0.454. The molecule has 0 atom stereocenters. The predicted molar refractivity (Wildman–Crippen MR) is 136 cm³/mol. The predicted octanol–water partition coefficient (Wildman–Crippen LogP) is 5.27. The minimum atomic E-state index is -0.242. The Kier molecular flexibility index (Phi) is 5.40. The molecule has 1 aliphatic carbocycles. The average molecular weight is 447 g/mol. The largest absolute Gasteiger partial charge is 0.321 e. The molecule has 1 amide bonds. The Morgan fingerprint density at radius 3 is 2.68 bits per heavy atom. The Balaban J connectivity index is 1.13. The number of nitrogens with one attached hydrogen (secondary N) is 1. The van der Waals surface area contributed by atoms with Crippen LogP contribution in [0.25, 0.3) is 16.6 Å². The summed E-state index contributed by atoms with van der Waals surface area (Å²) in [5.41, 5.74) is 9.49. The number of carbonyl (C=O) groups is 1. The summed E-state index contributed by atoms with van der Waals surface area (Å²) in [6, 6.07) is 22.5. The summed E-state index contributed by atoms with van der Waals surface area (Å²) in [7, 11) is 0. The van der Waals surface area contributed by atoms with Crippen LogP contribution in [0.5, 0.6) is 0 Å². The molecule has 34 heavy (non-hydrogen) atoms. The second kappa shape index (κ2) is 8.84. The van der Waals surface area contributed by atoms with Gasteiger partial charge in [0, 0.05) is 25.3 Å². The zero-order valence-corrected chi connectivity index (χ0v) is 19.0. The summed E-state index contributed by atoms with van der Waals surface area (Å²) in [5.74, 6) is -0.242. The highest BCUT2D eigenvalue weighted by atomic mass is 16.1. The molecule has 4 aromatic rings. The summed E-state index contributed by atoms with van der Waals surface area (Å²) >= 11 is 0. The van der Waals surface area contributed by atoms with Crippen molar-refractivity contribution in [1.82, 2.24) is 14.9 Å². The van der Waals surface area contributed by atoms with Gasteiger partial charge in [0.2, 0.25) is 0 Å². The Labute approximate surface area is 199 Å². The summed E-state index contributed by atoms with van der Waals surface area (Å²) in [6.07, 6.45) is 6.97. The topological polar surface area (TPSA) is 58.1 Å². The lowest BCUT2D eigenvalue weighted by Gasteiger charge is -2.28. The summed E-state index contributed by atoms with van der Waals surface area (Å²) in [4.78, 5) is 24.2. The van der Waals surface area contributed by atoms with E-state index in [2.05, 4.69) is 62.7 Å². The molecular formula is C29H26N4O. The molecule has 0 unspecified atom stereocenters. The number of aromatic nitrogens is 2. The fourth-order valence-corrected chi connectivity index (χ4v) is 5.00. The number of nitrogens with zero attached hydrogens (tertiary/aromatic N) is 3. The van der Waals surface area contributed by atoms with Gasteiger partial charge in [-0.15, -0.1) is 0 Å². The van der Waals surface area contributed by atoms with Crippen LogP contribution in [0, 0.1) is 0 Å². The van der Waals surface area contributed by atoms with Crippen molar-refractivity contribution in [2.45, 2.75) is 25.8 Å². The third-order valence-corrected chi connectivity index (χ3v) is 6.87. The summed E-state index contributed by atoms with van der Waals surface area (Å²) in [5, 5.41) is 3.01. The van der Waals surface area contributed by atoms with Crippen molar-refractivity contribution in [3.63, 3.8) is 0 Å². The van der Waals surface area contributed by atoms with E-state index in [0.717, 1.165) is 55.6 Å². The van der Waals surface area contributed by atoms with Gasteiger partial charge < -0.3 is 5.32 Å². The van der Waals surface area contributed by atoms with Gasteiger partial charge in [0.05, 0.1) is 17.2 Å². The maximum absolute atomic E-state index is 12.8. The van der Waals surface area contributed by atoms with Crippen LogP contribution in [-0.4, -0.2) is 33.9 Å². The van der Waals surface area contributed by atoms with Gasteiger partial charge in [-0.1, -0.05) is 48.5 Å². The molecule has 0 bridgehead atoms. The van der Waals surface area contributed by atoms with Crippen LogP contribution in [0.1, 0.15) is 39.2 Å². The van der Waals surface area contributed by atoms with Gasteiger partial charge in [-0.3, -0.25) is 14.7 Å². The van der Waals surface area contributed by atoms with Crippen molar-refractivity contribution in [2.75, 3.05) is 18.4 Å². The number of para-hydroxylation sites is 2. The maximum atomic E-state index is 12.8. The van der Waals surface area contributed by atoms with Gasteiger partial charge in [-0.25, -0.2) is 4.98 Å². The standard InChI is InChI=1S/C29H26N4O/c34-29(28-18-30-26-7-3-4-8-27(26)32-28)31-24-12-11-21-9-10-22(25(21)17-24)14-16-33-15-13-20-5-1-2-6-23(20)19-33/h1-8,10-12,17-18H,9,13-16,19H2,(H,31,34). The fraction of sp³-hybridized carbons (Fsp3) is 0.207. The first-order chi connectivity index (χ1) is 16.7. The highest BCUT2D eigenvalue weighted by molar-refractivity contribution is 6.03. The van der Waals surface area contributed by atoms with Crippen molar-refractivity contribution >= 4 is 28.2 Å². The van der Waals surface area contributed by atoms with Crippen LogP contribution in [0.2, 0.25) is 0 Å². The van der Waals surface area contributed by atoms with Crippen molar-refractivity contribution in [3.8, 4) is 0 Å². The molecule has 0 spiro atoms. The van der Waals surface area contributed by atoms with E-state index >= 15 is 0 Å². The molecule has 0 fully saturated rings. The van der Waals surface area contributed by atoms with E-state index < -0.39 is 0 Å². The Morgan fingerprint density at radius 1 is 0.941 bits per heavy atom. The number of hydrogen-bond acceptors (Lipinski definition) is 4. The van der Waals surface area contributed by atoms with E-state index in [9.17, 15) is 4.79 Å². The normalized spacial score (nSPS) is 15.0. The van der Waals surface area contributed by atoms with Crippen molar-refractivity contribution in [1.29, 1.82) is 0 Å². The van der Waals surface area contributed by atoms with Gasteiger partial charge in [0.15, 0.2) is 0 Å². The van der Waals surface area contributed by atoms with Crippen LogP contribution in [0.15, 0.2) is 79.0 Å². The molecule has 2 aliphatic rings. The SMILES string of the molecule is O=C(Nc1ccc2c(c1)C(CCN1CCc3ccccc3C1)=CC2)c1cnc2ccccc2n1. The van der Waals surface area contributed by atoms with Gasteiger partial charge in [-0.2, -0.15) is 0 Å². The van der Waals surface area contributed by atoms with E-state index in [4.69, 9.17) is 0 Å². The second-order valence-corrected chi connectivity index (χ2v) is 9.05. The van der Waals surface area contributed by atoms with Crippen LogP contribution in [0.4, 0.5) is 5.69 Å². The number of rotatable bonds is 5. The fourth-order valence-electron chi connectivity index (χ4n) is 5.00. The lowest BCUT2D eigenvalue weighted by molar-refractivity contribution is 0.102. The molecule has 3 aromatic carbocycles. The van der Waals surface area contributed by atoms with E-state index in [1.165, 1.54) is 34.0 Å². The molecule has 168 valence electrons. The van der Waals surface area contributed by atoms with Gasteiger partial charge in [0.25, 0.3) is 5.91 Å². The number of benzene rings is 3. The highest BCUT2D eigenvalue weighted by Crippen LogP contribution is 2.33. The van der Waals surface area contributed by atoms with E-state index in [0.29, 0.717) is 5.69 Å². The number of fused-ring (bicyclic) bond motifs is 3. The van der Waals surface area contributed by atoms with Gasteiger partial charge in [0.1, 0.15) is 5.69 Å². The number of carbonyl (C=O) groups excluding carboxylic acids is 1. The van der Waals surface area contributed by atoms with Crippen LogP contribution in [-0.2, 0) is 19.4 Å². The van der Waals surface area contributed by atoms with Crippen LogP contribution in [0.3, 0.4) is 0 Å². The Morgan fingerprint density at radius 2 is 1.76 bits per heavy atom. The molecular weight excluding hydrogens is 420 g/mol. The Bertz CT molecular complexity index is 1420. The third-order valence-electron chi connectivity index (χ3n) is 6.87. The average Bonchev–Trinajstić information content (AvgIpc) is 3.29. The number of allylic oxidation sites excluding steroid dienone is 1. The number of hydrogen-bond donors (Lipinski definition) is 1. The minimum Gasteiger partial charge on any atom is -0.321 e. The summed E-state index contributed by atoms with van der Waals surface area (Å²) < 4.78 is 0. The van der Waals surface area contributed by atoms with Crippen LogP contribution < -0.4 is 5.32 Å². The molecule has 1 N–H and O–H groups in total. The molecule has 1 aromatic heterocycles. The van der Waals surface area contributed by atoms with Crippen molar-refractivity contribution in [2.24, 2.45) is 0 Å². The first-order valence-corrected chi connectivity index (χ1v) is 11.9. The molecule has 0 radical (unpaired) electrons. The van der Waals surface area contributed by atoms with Gasteiger partial charge in [-0.05, 0) is 71.4 Å². The van der Waals surface area contributed by atoms with E-state index in [1.54, 1.807) is 0 Å². The lowest BCUT2D eigenvalue weighted by Crippen LogP contribution is -2.31. The molecule has 2 heterocycles.